The molecule has 100 valence electrons. The molecule has 2 aromatic rings. The Morgan fingerprint density at radius 3 is 2.95 bits per heavy atom. The zero-order valence-corrected chi connectivity index (χ0v) is 11.5. The summed E-state index contributed by atoms with van der Waals surface area (Å²) < 4.78 is 4.74. The minimum atomic E-state index is -0.216. The summed E-state index contributed by atoms with van der Waals surface area (Å²) >= 11 is 1.63. The number of nitrogens with zero attached hydrogens (tertiary/aromatic N) is 1. The zero-order chi connectivity index (χ0) is 13.5. The van der Waals surface area contributed by atoms with E-state index in [0.29, 0.717) is 13.0 Å². The Bertz CT molecular complexity index is 499. The minimum absolute atomic E-state index is 0.0329. The molecule has 1 N–H and O–H groups in total. The predicted molar refractivity (Wildman–Crippen MR) is 74.8 cm³/mol. The molecule has 1 atom stereocenters. The Hall–Kier alpha value is -1.72. The molecule has 2 aromatic heterocycles. The van der Waals surface area contributed by atoms with E-state index in [9.17, 15) is 4.79 Å². The van der Waals surface area contributed by atoms with Gasteiger partial charge in [0.2, 0.25) is 0 Å². The highest BCUT2D eigenvalue weighted by Crippen LogP contribution is 2.22. The van der Waals surface area contributed by atoms with Crippen molar-refractivity contribution in [1.29, 1.82) is 0 Å². The van der Waals surface area contributed by atoms with Crippen molar-refractivity contribution in [1.82, 2.24) is 10.3 Å². The Morgan fingerprint density at radius 2 is 2.32 bits per heavy atom. The SMILES string of the molecule is COC(=O)CC(NCc1ccccn1)c1cccs1. The van der Waals surface area contributed by atoms with Crippen LogP contribution >= 0.6 is 11.3 Å². The Balaban J connectivity index is 2.00. The highest BCUT2D eigenvalue weighted by molar-refractivity contribution is 7.10. The molecule has 4 nitrogen and oxygen atoms in total. The van der Waals surface area contributed by atoms with Gasteiger partial charge >= 0.3 is 5.97 Å². The fraction of sp³-hybridized carbons (Fsp3) is 0.286. The molecule has 0 bridgehead atoms. The van der Waals surface area contributed by atoms with Crippen LogP contribution < -0.4 is 5.32 Å². The number of pyridine rings is 1. The molecule has 0 saturated carbocycles. The van der Waals surface area contributed by atoms with Gasteiger partial charge in [-0.1, -0.05) is 12.1 Å². The molecule has 2 heterocycles. The summed E-state index contributed by atoms with van der Waals surface area (Å²) in [5.41, 5.74) is 0.953. The number of thiophene rings is 1. The molecule has 0 fully saturated rings. The van der Waals surface area contributed by atoms with E-state index in [0.717, 1.165) is 10.6 Å². The number of ether oxygens (including phenoxy) is 1. The number of hydrogen-bond donors (Lipinski definition) is 1. The van der Waals surface area contributed by atoms with E-state index in [2.05, 4.69) is 10.3 Å². The molecule has 0 aliphatic carbocycles. The first-order chi connectivity index (χ1) is 9.29. The zero-order valence-electron chi connectivity index (χ0n) is 10.7. The number of rotatable bonds is 6. The van der Waals surface area contributed by atoms with Gasteiger partial charge in [-0.3, -0.25) is 9.78 Å². The first-order valence-electron chi connectivity index (χ1n) is 6.03. The van der Waals surface area contributed by atoms with Gasteiger partial charge in [0.05, 0.1) is 25.3 Å². The topological polar surface area (TPSA) is 51.2 Å². The number of hydrogen-bond acceptors (Lipinski definition) is 5. The van der Waals surface area contributed by atoms with Gasteiger partial charge in [-0.05, 0) is 23.6 Å². The summed E-state index contributed by atoms with van der Waals surface area (Å²) in [4.78, 5) is 16.8. The monoisotopic (exact) mass is 276 g/mol. The predicted octanol–water partition coefficient (Wildman–Crippen LogP) is 2.54. The van der Waals surface area contributed by atoms with Crippen molar-refractivity contribution < 1.29 is 9.53 Å². The number of nitrogens with one attached hydrogen (secondary N) is 1. The molecular weight excluding hydrogens is 260 g/mol. The summed E-state index contributed by atoms with van der Waals surface area (Å²) in [6.07, 6.45) is 2.08. The van der Waals surface area contributed by atoms with Crippen LogP contribution in [0.5, 0.6) is 0 Å². The number of methoxy groups -OCH3 is 1. The molecule has 19 heavy (non-hydrogen) atoms. The van der Waals surface area contributed by atoms with Crippen LogP contribution in [0.1, 0.15) is 23.0 Å². The molecule has 0 amide bonds. The lowest BCUT2D eigenvalue weighted by Gasteiger charge is -2.16. The van der Waals surface area contributed by atoms with E-state index in [-0.39, 0.29) is 12.0 Å². The first-order valence-corrected chi connectivity index (χ1v) is 6.91. The number of esters is 1. The molecule has 1 unspecified atom stereocenters. The van der Waals surface area contributed by atoms with Crippen molar-refractivity contribution in [2.75, 3.05) is 7.11 Å². The van der Waals surface area contributed by atoms with Crippen molar-refractivity contribution in [2.24, 2.45) is 0 Å². The van der Waals surface area contributed by atoms with Crippen molar-refractivity contribution >= 4 is 17.3 Å². The third kappa shape index (κ3) is 4.15. The lowest BCUT2D eigenvalue weighted by Crippen LogP contribution is -2.23. The Labute approximate surface area is 116 Å². The van der Waals surface area contributed by atoms with E-state index < -0.39 is 0 Å². The van der Waals surface area contributed by atoms with Crippen LogP contribution in [0.3, 0.4) is 0 Å². The second-order valence-corrected chi connectivity index (χ2v) is 5.03. The highest BCUT2D eigenvalue weighted by atomic mass is 32.1. The van der Waals surface area contributed by atoms with E-state index in [1.54, 1.807) is 17.5 Å². The van der Waals surface area contributed by atoms with Crippen LogP contribution in [0.2, 0.25) is 0 Å². The molecule has 0 spiro atoms. The molecule has 0 saturated heterocycles. The van der Waals surface area contributed by atoms with Crippen LogP contribution in [-0.2, 0) is 16.1 Å². The van der Waals surface area contributed by atoms with Crippen LogP contribution in [0, 0.1) is 0 Å². The van der Waals surface area contributed by atoms with Gasteiger partial charge in [0.15, 0.2) is 0 Å². The summed E-state index contributed by atoms with van der Waals surface area (Å²) in [5.74, 6) is -0.216. The van der Waals surface area contributed by atoms with Crippen LogP contribution in [0.4, 0.5) is 0 Å². The van der Waals surface area contributed by atoms with Gasteiger partial charge in [-0.25, -0.2) is 0 Å². The van der Waals surface area contributed by atoms with Crippen molar-refractivity contribution in [3.63, 3.8) is 0 Å². The van der Waals surface area contributed by atoms with Gasteiger partial charge in [0, 0.05) is 17.6 Å². The maximum atomic E-state index is 11.5. The van der Waals surface area contributed by atoms with E-state index in [1.165, 1.54) is 7.11 Å². The average molecular weight is 276 g/mol. The lowest BCUT2D eigenvalue weighted by molar-refractivity contribution is -0.141. The van der Waals surface area contributed by atoms with E-state index in [4.69, 9.17) is 4.74 Å². The van der Waals surface area contributed by atoms with Crippen molar-refractivity contribution in [3.8, 4) is 0 Å². The third-order valence-corrected chi connectivity index (χ3v) is 3.73. The fourth-order valence-corrected chi connectivity index (χ4v) is 2.55. The smallest absolute Gasteiger partial charge is 0.307 e. The largest absolute Gasteiger partial charge is 0.469 e. The van der Waals surface area contributed by atoms with E-state index >= 15 is 0 Å². The average Bonchev–Trinajstić information content (AvgIpc) is 2.98. The highest BCUT2D eigenvalue weighted by Gasteiger charge is 2.17. The van der Waals surface area contributed by atoms with Crippen LogP contribution in [0.25, 0.3) is 0 Å². The molecular formula is C14H16N2O2S. The van der Waals surface area contributed by atoms with Gasteiger partial charge in [-0.2, -0.15) is 0 Å². The van der Waals surface area contributed by atoms with Crippen molar-refractivity contribution in [3.05, 3.63) is 52.5 Å². The quantitative estimate of drug-likeness (QED) is 0.824. The lowest BCUT2D eigenvalue weighted by atomic mass is 10.1. The summed E-state index contributed by atoms with van der Waals surface area (Å²) in [5, 5.41) is 5.35. The summed E-state index contributed by atoms with van der Waals surface area (Å²) in [7, 11) is 1.41. The number of aromatic nitrogens is 1. The summed E-state index contributed by atoms with van der Waals surface area (Å²) in [6, 6.07) is 9.75. The maximum absolute atomic E-state index is 11.5. The van der Waals surface area contributed by atoms with Gasteiger partial charge in [-0.15, -0.1) is 11.3 Å². The molecule has 0 aliphatic rings. The second kappa shape index (κ2) is 7.01. The van der Waals surface area contributed by atoms with Gasteiger partial charge in [0.25, 0.3) is 0 Å². The Morgan fingerprint density at radius 1 is 1.42 bits per heavy atom. The minimum Gasteiger partial charge on any atom is -0.469 e. The first kappa shape index (κ1) is 13.7. The number of carbonyl (C=O) groups excluding carboxylic acids is 1. The molecule has 0 aromatic carbocycles. The maximum Gasteiger partial charge on any atom is 0.307 e. The molecule has 2 rings (SSSR count). The molecule has 0 radical (unpaired) electrons. The van der Waals surface area contributed by atoms with E-state index in [1.807, 2.05) is 35.7 Å². The molecule has 5 heteroatoms. The molecule has 0 aliphatic heterocycles. The fourth-order valence-electron chi connectivity index (χ4n) is 1.74. The normalized spacial score (nSPS) is 12.1. The third-order valence-electron chi connectivity index (χ3n) is 2.74. The van der Waals surface area contributed by atoms with Crippen molar-refractivity contribution in [2.45, 2.75) is 19.0 Å². The van der Waals surface area contributed by atoms with Gasteiger partial charge in [0.1, 0.15) is 0 Å². The second-order valence-electron chi connectivity index (χ2n) is 4.05. The number of carbonyl (C=O) groups is 1. The summed E-state index contributed by atoms with van der Waals surface area (Å²) in [6.45, 7) is 0.625. The Kier molecular flexibility index (Phi) is 5.06. The standard InChI is InChI=1S/C14H16N2O2S/c1-18-14(17)9-12(13-6-4-8-19-13)16-10-11-5-2-3-7-15-11/h2-8,12,16H,9-10H2,1H3. The van der Waals surface area contributed by atoms with Crippen LogP contribution in [-0.4, -0.2) is 18.1 Å². The van der Waals surface area contributed by atoms with Crippen LogP contribution in [0.15, 0.2) is 41.9 Å². The van der Waals surface area contributed by atoms with Gasteiger partial charge < -0.3 is 10.1 Å².